The van der Waals surface area contributed by atoms with E-state index in [1.165, 1.54) is 6.92 Å². The molecule has 1 aromatic rings. The van der Waals surface area contributed by atoms with Gasteiger partial charge in [-0.05, 0) is 6.92 Å². The van der Waals surface area contributed by atoms with Crippen molar-refractivity contribution in [1.29, 1.82) is 0 Å². The monoisotopic (exact) mass is 210 g/mol. The van der Waals surface area contributed by atoms with Crippen LogP contribution in [0.15, 0.2) is 12.4 Å². The zero-order valence-electron chi connectivity index (χ0n) is 8.78. The maximum atomic E-state index is 11.3. The summed E-state index contributed by atoms with van der Waals surface area (Å²) in [5.41, 5.74) is 0.632. The second-order valence-electron chi connectivity index (χ2n) is 3.04. The molecule has 2 N–H and O–H groups in total. The number of nitrogens with one attached hydrogen (secondary N) is 2. The molecule has 6 nitrogen and oxygen atoms in total. The van der Waals surface area contributed by atoms with Crippen molar-refractivity contribution in [3.8, 4) is 0 Å². The van der Waals surface area contributed by atoms with Crippen LogP contribution in [0.3, 0.4) is 0 Å². The molecule has 1 heterocycles. The first-order valence-electron chi connectivity index (χ1n) is 4.68. The van der Waals surface area contributed by atoms with Crippen LogP contribution in [-0.2, 0) is 16.1 Å². The predicted molar refractivity (Wildman–Crippen MR) is 55.2 cm³/mol. The van der Waals surface area contributed by atoms with Crippen LogP contribution in [0.1, 0.15) is 13.8 Å². The van der Waals surface area contributed by atoms with Crippen molar-refractivity contribution in [1.82, 2.24) is 15.1 Å². The molecule has 0 aromatic carbocycles. The summed E-state index contributed by atoms with van der Waals surface area (Å²) in [5, 5.41) is 9.02. The van der Waals surface area contributed by atoms with Crippen LogP contribution < -0.4 is 10.6 Å². The fourth-order valence-electron chi connectivity index (χ4n) is 1.01. The number of amides is 2. The maximum absolute atomic E-state index is 11.3. The standard InChI is InChI=1S/C9H14N4O2/c1-3-13-6-8(4-11-13)12-9(15)5-10-7(2)14/h4,6H,3,5H2,1-2H3,(H,10,14)(H,12,15). The van der Waals surface area contributed by atoms with E-state index < -0.39 is 0 Å². The van der Waals surface area contributed by atoms with E-state index in [1.807, 2.05) is 6.92 Å². The Morgan fingerprint density at radius 2 is 2.27 bits per heavy atom. The van der Waals surface area contributed by atoms with Gasteiger partial charge in [-0.1, -0.05) is 0 Å². The summed E-state index contributed by atoms with van der Waals surface area (Å²) in [4.78, 5) is 21.8. The molecule has 0 aliphatic carbocycles. The number of hydrogen-bond acceptors (Lipinski definition) is 3. The highest BCUT2D eigenvalue weighted by molar-refractivity contribution is 5.93. The molecular weight excluding hydrogens is 196 g/mol. The molecule has 82 valence electrons. The molecule has 0 atom stereocenters. The summed E-state index contributed by atoms with van der Waals surface area (Å²) < 4.78 is 1.70. The van der Waals surface area contributed by atoms with Gasteiger partial charge in [-0.15, -0.1) is 0 Å². The van der Waals surface area contributed by atoms with Crippen molar-refractivity contribution in [2.75, 3.05) is 11.9 Å². The molecule has 0 radical (unpaired) electrons. The van der Waals surface area contributed by atoms with Crippen LogP contribution in [0.25, 0.3) is 0 Å². The minimum atomic E-state index is -0.263. The minimum absolute atomic E-state index is 0.0212. The second-order valence-corrected chi connectivity index (χ2v) is 3.04. The maximum Gasteiger partial charge on any atom is 0.243 e. The Kier molecular flexibility index (Phi) is 3.84. The van der Waals surface area contributed by atoms with Crippen molar-refractivity contribution in [2.45, 2.75) is 20.4 Å². The molecule has 0 unspecified atom stereocenters. The number of aryl methyl sites for hydroxylation is 1. The molecule has 0 bridgehead atoms. The summed E-state index contributed by atoms with van der Waals surface area (Å²) in [5.74, 6) is -0.491. The molecule has 0 aliphatic rings. The summed E-state index contributed by atoms with van der Waals surface area (Å²) in [7, 11) is 0. The summed E-state index contributed by atoms with van der Waals surface area (Å²) in [6, 6.07) is 0. The van der Waals surface area contributed by atoms with Gasteiger partial charge in [-0.2, -0.15) is 5.10 Å². The largest absolute Gasteiger partial charge is 0.347 e. The quantitative estimate of drug-likeness (QED) is 0.733. The fraction of sp³-hybridized carbons (Fsp3) is 0.444. The lowest BCUT2D eigenvalue weighted by Gasteiger charge is -2.02. The predicted octanol–water partition coefficient (Wildman–Crippen LogP) is -0.0224. The molecule has 0 spiro atoms. The first-order valence-corrected chi connectivity index (χ1v) is 4.68. The molecular formula is C9H14N4O2. The Morgan fingerprint density at radius 1 is 1.53 bits per heavy atom. The second kappa shape index (κ2) is 5.14. The zero-order valence-corrected chi connectivity index (χ0v) is 8.78. The van der Waals surface area contributed by atoms with Gasteiger partial charge in [0.2, 0.25) is 11.8 Å². The number of rotatable bonds is 4. The normalized spacial score (nSPS) is 9.73. The first kappa shape index (κ1) is 11.2. The zero-order chi connectivity index (χ0) is 11.3. The van der Waals surface area contributed by atoms with Gasteiger partial charge in [0, 0.05) is 19.7 Å². The smallest absolute Gasteiger partial charge is 0.243 e. The SMILES string of the molecule is CCn1cc(NC(=O)CNC(C)=O)cn1. The Hall–Kier alpha value is -1.85. The average molecular weight is 210 g/mol. The highest BCUT2D eigenvalue weighted by atomic mass is 16.2. The molecule has 0 saturated carbocycles. The topological polar surface area (TPSA) is 76.0 Å². The van der Waals surface area contributed by atoms with Crippen molar-refractivity contribution in [2.24, 2.45) is 0 Å². The van der Waals surface area contributed by atoms with Crippen molar-refractivity contribution in [3.05, 3.63) is 12.4 Å². The molecule has 1 rings (SSSR count). The van der Waals surface area contributed by atoms with Gasteiger partial charge in [0.1, 0.15) is 0 Å². The van der Waals surface area contributed by atoms with Gasteiger partial charge < -0.3 is 10.6 Å². The fourth-order valence-corrected chi connectivity index (χ4v) is 1.01. The van der Waals surface area contributed by atoms with E-state index in [2.05, 4.69) is 15.7 Å². The third-order valence-corrected chi connectivity index (χ3v) is 1.74. The van der Waals surface area contributed by atoms with Crippen LogP contribution in [0.4, 0.5) is 5.69 Å². The molecule has 1 aromatic heterocycles. The van der Waals surface area contributed by atoms with Gasteiger partial charge in [-0.3, -0.25) is 14.3 Å². The molecule has 0 saturated heterocycles. The van der Waals surface area contributed by atoms with Crippen molar-refractivity contribution < 1.29 is 9.59 Å². The van der Waals surface area contributed by atoms with E-state index in [9.17, 15) is 9.59 Å². The Morgan fingerprint density at radius 3 is 2.80 bits per heavy atom. The van der Waals surface area contributed by atoms with Crippen molar-refractivity contribution >= 4 is 17.5 Å². The van der Waals surface area contributed by atoms with E-state index >= 15 is 0 Å². The minimum Gasteiger partial charge on any atom is -0.347 e. The van der Waals surface area contributed by atoms with Gasteiger partial charge in [0.25, 0.3) is 0 Å². The third kappa shape index (κ3) is 3.80. The number of carbonyl (C=O) groups excluding carboxylic acids is 2. The van der Waals surface area contributed by atoms with E-state index in [4.69, 9.17) is 0 Å². The van der Waals surface area contributed by atoms with Crippen LogP contribution >= 0.6 is 0 Å². The van der Waals surface area contributed by atoms with Gasteiger partial charge in [0.15, 0.2) is 0 Å². The Labute approximate surface area is 87.7 Å². The summed E-state index contributed by atoms with van der Waals surface area (Å²) in [6.07, 6.45) is 3.29. The third-order valence-electron chi connectivity index (χ3n) is 1.74. The lowest BCUT2D eigenvalue weighted by atomic mass is 10.5. The summed E-state index contributed by atoms with van der Waals surface area (Å²) >= 11 is 0. The molecule has 0 aliphatic heterocycles. The van der Waals surface area contributed by atoms with Crippen LogP contribution in [0.2, 0.25) is 0 Å². The Bertz CT molecular complexity index is 359. The van der Waals surface area contributed by atoms with E-state index in [0.29, 0.717) is 5.69 Å². The molecule has 0 fully saturated rings. The van der Waals surface area contributed by atoms with Crippen LogP contribution in [-0.4, -0.2) is 28.1 Å². The number of hydrogen-bond donors (Lipinski definition) is 2. The summed E-state index contributed by atoms with van der Waals surface area (Å²) in [6.45, 7) is 4.05. The highest BCUT2D eigenvalue weighted by Crippen LogP contribution is 2.03. The highest BCUT2D eigenvalue weighted by Gasteiger charge is 2.04. The van der Waals surface area contributed by atoms with Gasteiger partial charge in [-0.25, -0.2) is 0 Å². The van der Waals surface area contributed by atoms with Crippen LogP contribution in [0, 0.1) is 0 Å². The molecule has 15 heavy (non-hydrogen) atoms. The lowest BCUT2D eigenvalue weighted by molar-refractivity contribution is -0.122. The number of anilines is 1. The number of nitrogens with zero attached hydrogens (tertiary/aromatic N) is 2. The van der Waals surface area contributed by atoms with Crippen LogP contribution in [0.5, 0.6) is 0 Å². The van der Waals surface area contributed by atoms with E-state index in [0.717, 1.165) is 6.54 Å². The van der Waals surface area contributed by atoms with E-state index in [1.54, 1.807) is 17.1 Å². The first-order chi connectivity index (χ1) is 7.11. The lowest BCUT2D eigenvalue weighted by Crippen LogP contribution is -2.31. The van der Waals surface area contributed by atoms with E-state index in [-0.39, 0.29) is 18.4 Å². The van der Waals surface area contributed by atoms with Crippen molar-refractivity contribution in [3.63, 3.8) is 0 Å². The molecule has 6 heteroatoms. The van der Waals surface area contributed by atoms with Gasteiger partial charge >= 0.3 is 0 Å². The number of carbonyl (C=O) groups is 2. The van der Waals surface area contributed by atoms with Gasteiger partial charge in [0.05, 0.1) is 18.4 Å². The molecule has 2 amide bonds. The average Bonchev–Trinajstić information content (AvgIpc) is 2.62. The number of aromatic nitrogens is 2. The Balaban J connectivity index is 2.40.